The molecule has 2 rings (SSSR count). The van der Waals surface area contributed by atoms with Crippen LogP contribution in [0.1, 0.15) is 17.1 Å². The maximum absolute atomic E-state index is 13.6. The van der Waals surface area contributed by atoms with E-state index in [4.69, 9.17) is 4.74 Å². The van der Waals surface area contributed by atoms with E-state index in [9.17, 15) is 4.39 Å². The van der Waals surface area contributed by atoms with Crippen molar-refractivity contribution < 1.29 is 9.13 Å². The Kier molecular flexibility index (Phi) is 3.94. The summed E-state index contributed by atoms with van der Waals surface area (Å²) >= 11 is 0. The van der Waals surface area contributed by atoms with Crippen LogP contribution in [0, 0.1) is 12.7 Å². The molecule has 0 saturated heterocycles. The van der Waals surface area contributed by atoms with Crippen molar-refractivity contribution in [2.24, 2.45) is 0 Å². The van der Waals surface area contributed by atoms with Crippen molar-refractivity contribution in [3.8, 4) is 5.75 Å². The Labute approximate surface area is 111 Å². The molecular weight excluding hydrogens is 245 g/mol. The lowest BCUT2D eigenvalue weighted by Gasteiger charge is -2.08. The number of aryl methyl sites for hydroxylation is 1. The van der Waals surface area contributed by atoms with Crippen LogP contribution in [0.15, 0.2) is 24.3 Å². The standard InChI is InChI=1S/C14H16FN3O/c1-9-13(15)14(16-2)18-12(17-9)8-10-4-6-11(19-3)7-5-10/h4-7H,8H2,1-3H3,(H,16,17,18). The molecular formula is C14H16FN3O. The third-order valence-electron chi connectivity index (χ3n) is 2.82. The average molecular weight is 261 g/mol. The predicted octanol–water partition coefficient (Wildman–Crippen LogP) is 2.57. The lowest BCUT2D eigenvalue weighted by molar-refractivity contribution is 0.414. The van der Waals surface area contributed by atoms with Crippen molar-refractivity contribution in [3.05, 3.63) is 47.2 Å². The van der Waals surface area contributed by atoms with Crippen LogP contribution in [0.2, 0.25) is 0 Å². The Morgan fingerprint density at radius 1 is 1.21 bits per heavy atom. The van der Waals surface area contributed by atoms with E-state index in [0.717, 1.165) is 11.3 Å². The van der Waals surface area contributed by atoms with Crippen molar-refractivity contribution in [1.82, 2.24) is 9.97 Å². The quantitative estimate of drug-likeness (QED) is 0.919. The zero-order valence-electron chi connectivity index (χ0n) is 11.2. The Hall–Kier alpha value is -2.17. The first kappa shape index (κ1) is 13.3. The van der Waals surface area contributed by atoms with E-state index in [2.05, 4.69) is 15.3 Å². The van der Waals surface area contributed by atoms with Gasteiger partial charge in [0.05, 0.1) is 12.8 Å². The fourth-order valence-corrected chi connectivity index (χ4v) is 1.79. The van der Waals surface area contributed by atoms with Gasteiger partial charge < -0.3 is 10.1 Å². The fraction of sp³-hybridized carbons (Fsp3) is 0.286. The van der Waals surface area contributed by atoms with Crippen LogP contribution < -0.4 is 10.1 Å². The Morgan fingerprint density at radius 2 is 1.89 bits per heavy atom. The number of hydrogen-bond acceptors (Lipinski definition) is 4. The van der Waals surface area contributed by atoms with E-state index in [-0.39, 0.29) is 5.82 Å². The van der Waals surface area contributed by atoms with Crippen LogP contribution in [0.5, 0.6) is 5.75 Å². The molecule has 5 heteroatoms. The predicted molar refractivity (Wildman–Crippen MR) is 72.1 cm³/mol. The highest BCUT2D eigenvalue weighted by molar-refractivity contribution is 5.38. The maximum Gasteiger partial charge on any atom is 0.186 e. The summed E-state index contributed by atoms with van der Waals surface area (Å²) in [4.78, 5) is 8.32. The molecule has 0 aliphatic heterocycles. The van der Waals surface area contributed by atoms with Crippen LogP contribution in [0.3, 0.4) is 0 Å². The van der Waals surface area contributed by atoms with Gasteiger partial charge in [0.1, 0.15) is 11.6 Å². The number of benzene rings is 1. The van der Waals surface area contributed by atoms with Gasteiger partial charge in [-0.3, -0.25) is 0 Å². The highest BCUT2D eigenvalue weighted by Crippen LogP contribution is 2.17. The van der Waals surface area contributed by atoms with Crippen LogP contribution in [0.25, 0.3) is 0 Å². The first-order valence-corrected chi connectivity index (χ1v) is 5.97. The van der Waals surface area contributed by atoms with Gasteiger partial charge in [0.25, 0.3) is 0 Å². The number of hydrogen-bond donors (Lipinski definition) is 1. The second kappa shape index (κ2) is 5.65. The zero-order valence-corrected chi connectivity index (χ0v) is 11.2. The van der Waals surface area contributed by atoms with Gasteiger partial charge in [0, 0.05) is 13.5 Å². The molecule has 19 heavy (non-hydrogen) atoms. The highest BCUT2D eigenvalue weighted by atomic mass is 19.1. The molecule has 4 nitrogen and oxygen atoms in total. The molecule has 0 atom stereocenters. The Bertz CT molecular complexity index is 570. The van der Waals surface area contributed by atoms with Gasteiger partial charge >= 0.3 is 0 Å². The van der Waals surface area contributed by atoms with E-state index in [1.54, 1.807) is 21.1 Å². The smallest absolute Gasteiger partial charge is 0.186 e. The highest BCUT2D eigenvalue weighted by Gasteiger charge is 2.10. The van der Waals surface area contributed by atoms with Crippen LogP contribution in [-0.4, -0.2) is 24.1 Å². The number of rotatable bonds is 4. The minimum atomic E-state index is -0.402. The fourth-order valence-electron chi connectivity index (χ4n) is 1.79. The molecule has 100 valence electrons. The summed E-state index contributed by atoms with van der Waals surface area (Å²) in [5.41, 5.74) is 1.40. The van der Waals surface area contributed by atoms with Crippen molar-refractivity contribution in [3.63, 3.8) is 0 Å². The molecule has 2 aromatic rings. The molecule has 0 unspecified atom stereocenters. The van der Waals surface area contributed by atoms with Gasteiger partial charge in [-0.2, -0.15) is 0 Å². The molecule has 0 aliphatic rings. The number of ether oxygens (including phenoxy) is 1. The summed E-state index contributed by atoms with van der Waals surface area (Å²) in [7, 11) is 3.27. The Balaban J connectivity index is 2.25. The first-order valence-electron chi connectivity index (χ1n) is 5.97. The lowest BCUT2D eigenvalue weighted by atomic mass is 10.1. The average Bonchev–Trinajstić information content (AvgIpc) is 2.43. The van der Waals surface area contributed by atoms with E-state index >= 15 is 0 Å². The summed E-state index contributed by atoms with van der Waals surface area (Å²) in [6.45, 7) is 1.63. The number of halogens is 1. The molecule has 0 fully saturated rings. The van der Waals surface area contributed by atoms with E-state index < -0.39 is 5.82 Å². The van der Waals surface area contributed by atoms with Crippen molar-refractivity contribution >= 4 is 5.82 Å². The van der Waals surface area contributed by atoms with Gasteiger partial charge in [-0.25, -0.2) is 14.4 Å². The number of nitrogens with zero attached hydrogens (tertiary/aromatic N) is 2. The summed E-state index contributed by atoms with van der Waals surface area (Å²) < 4.78 is 18.7. The van der Waals surface area contributed by atoms with Gasteiger partial charge in [-0.15, -0.1) is 0 Å². The second-order valence-electron chi connectivity index (χ2n) is 4.16. The largest absolute Gasteiger partial charge is 0.497 e. The zero-order chi connectivity index (χ0) is 13.8. The molecule has 1 N–H and O–H groups in total. The minimum absolute atomic E-state index is 0.232. The molecule has 1 aromatic heterocycles. The molecule has 0 aliphatic carbocycles. The van der Waals surface area contributed by atoms with Crippen LogP contribution >= 0.6 is 0 Å². The second-order valence-corrected chi connectivity index (χ2v) is 4.16. The number of aromatic nitrogens is 2. The van der Waals surface area contributed by atoms with E-state index in [1.165, 1.54) is 0 Å². The number of methoxy groups -OCH3 is 1. The summed E-state index contributed by atoms with van der Waals surface area (Å²) in [5, 5.41) is 2.73. The van der Waals surface area contributed by atoms with Gasteiger partial charge in [-0.05, 0) is 24.6 Å². The van der Waals surface area contributed by atoms with E-state index in [1.807, 2.05) is 24.3 Å². The molecule has 0 bridgehead atoms. The van der Waals surface area contributed by atoms with Gasteiger partial charge in [-0.1, -0.05) is 12.1 Å². The van der Waals surface area contributed by atoms with Gasteiger partial charge in [0.15, 0.2) is 11.6 Å². The minimum Gasteiger partial charge on any atom is -0.497 e. The summed E-state index contributed by atoms with van der Waals surface area (Å²) in [6.07, 6.45) is 0.555. The van der Waals surface area contributed by atoms with Crippen LogP contribution in [0.4, 0.5) is 10.2 Å². The van der Waals surface area contributed by atoms with Crippen molar-refractivity contribution in [1.29, 1.82) is 0 Å². The normalized spacial score (nSPS) is 10.3. The summed E-state index contributed by atoms with van der Waals surface area (Å²) in [6, 6.07) is 7.65. The topological polar surface area (TPSA) is 47.0 Å². The molecule has 0 radical (unpaired) electrons. The lowest BCUT2D eigenvalue weighted by Crippen LogP contribution is -2.06. The number of anilines is 1. The monoisotopic (exact) mass is 261 g/mol. The van der Waals surface area contributed by atoms with Crippen molar-refractivity contribution in [2.45, 2.75) is 13.3 Å². The number of nitrogens with one attached hydrogen (secondary N) is 1. The molecule has 0 amide bonds. The first-order chi connectivity index (χ1) is 9.13. The summed E-state index contributed by atoms with van der Waals surface area (Å²) in [5.74, 6) is 1.22. The van der Waals surface area contributed by atoms with Gasteiger partial charge in [0.2, 0.25) is 0 Å². The third kappa shape index (κ3) is 2.99. The molecule has 0 saturated carbocycles. The Morgan fingerprint density at radius 3 is 2.47 bits per heavy atom. The maximum atomic E-state index is 13.6. The molecule has 0 spiro atoms. The molecule has 1 heterocycles. The van der Waals surface area contributed by atoms with Crippen LogP contribution in [-0.2, 0) is 6.42 Å². The third-order valence-corrected chi connectivity index (χ3v) is 2.82. The SMILES string of the molecule is CNc1nc(Cc2ccc(OC)cc2)nc(C)c1F. The molecule has 1 aromatic carbocycles. The van der Waals surface area contributed by atoms with Crippen molar-refractivity contribution in [2.75, 3.05) is 19.5 Å². The van der Waals surface area contributed by atoms with E-state index in [0.29, 0.717) is 17.9 Å².